The number of nitrogens with one attached hydrogen (secondary N) is 1. The van der Waals surface area contributed by atoms with Gasteiger partial charge in [-0.25, -0.2) is 9.97 Å². The van der Waals surface area contributed by atoms with Crippen LogP contribution in [0.1, 0.15) is 5.56 Å². The Morgan fingerprint density at radius 1 is 1.25 bits per heavy atom. The van der Waals surface area contributed by atoms with Gasteiger partial charge in [-0.15, -0.1) is 0 Å². The van der Waals surface area contributed by atoms with E-state index in [9.17, 15) is 0 Å². The largest absolute Gasteiger partial charge is 0.397 e. The zero-order valence-electron chi connectivity index (χ0n) is 8.74. The maximum Gasteiger partial charge on any atom is 0.227 e. The summed E-state index contributed by atoms with van der Waals surface area (Å²) in [6.45, 7) is 1.95. The zero-order chi connectivity index (χ0) is 11.5. The highest BCUT2D eigenvalue weighted by Crippen LogP contribution is 2.30. The van der Waals surface area contributed by atoms with Crippen LogP contribution in [-0.4, -0.2) is 9.97 Å². The highest BCUT2D eigenvalue weighted by atomic mass is 35.5. The van der Waals surface area contributed by atoms with Crippen molar-refractivity contribution >= 4 is 28.9 Å². The number of hydrogen-bond acceptors (Lipinski definition) is 4. The molecule has 2 aromatic rings. The van der Waals surface area contributed by atoms with E-state index in [1.165, 1.54) is 0 Å². The van der Waals surface area contributed by atoms with Crippen molar-refractivity contribution in [2.45, 2.75) is 6.92 Å². The molecule has 0 amide bonds. The lowest BCUT2D eigenvalue weighted by molar-refractivity contribution is 1.17. The standard InChI is InChI=1S/C11H11ClN4/c1-7-5-8(13)10(12)9(6-7)16-11-14-3-2-4-15-11/h2-6H,13H2,1H3,(H,14,15,16). The maximum atomic E-state index is 6.07. The summed E-state index contributed by atoms with van der Waals surface area (Å²) in [5.74, 6) is 0.495. The predicted octanol–water partition coefficient (Wildman–Crippen LogP) is 2.76. The van der Waals surface area contributed by atoms with Crippen molar-refractivity contribution in [3.8, 4) is 0 Å². The Morgan fingerprint density at radius 2 is 1.94 bits per heavy atom. The average molecular weight is 235 g/mol. The molecule has 0 saturated heterocycles. The molecule has 0 aliphatic heterocycles. The van der Waals surface area contributed by atoms with Gasteiger partial charge in [0.25, 0.3) is 0 Å². The first kappa shape index (κ1) is 10.7. The van der Waals surface area contributed by atoms with Gasteiger partial charge >= 0.3 is 0 Å². The van der Waals surface area contributed by atoms with E-state index in [-0.39, 0.29) is 0 Å². The first-order chi connectivity index (χ1) is 7.66. The van der Waals surface area contributed by atoms with Gasteiger partial charge in [-0.2, -0.15) is 0 Å². The average Bonchev–Trinajstić information content (AvgIpc) is 2.27. The summed E-state index contributed by atoms with van der Waals surface area (Å²) in [5, 5.41) is 3.50. The van der Waals surface area contributed by atoms with E-state index in [0.29, 0.717) is 22.3 Å². The van der Waals surface area contributed by atoms with E-state index in [1.54, 1.807) is 18.5 Å². The number of benzene rings is 1. The van der Waals surface area contributed by atoms with Gasteiger partial charge < -0.3 is 11.1 Å². The molecule has 1 aromatic carbocycles. The van der Waals surface area contributed by atoms with E-state index in [4.69, 9.17) is 17.3 Å². The first-order valence-electron chi connectivity index (χ1n) is 4.76. The summed E-state index contributed by atoms with van der Waals surface area (Å²) in [6.07, 6.45) is 3.31. The van der Waals surface area contributed by atoms with E-state index in [2.05, 4.69) is 15.3 Å². The number of halogens is 1. The van der Waals surface area contributed by atoms with Crippen LogP contribution in [0.3, 0.4) is 0 Å². The molecular weight excluding hydrogens is 224 g/mol. The lowest BCUT2D eigenvalue weighted by Gasteiger charge is -2.09. The smallest absolute Gasteiger partial charge is 0.227 e. The van der Waals surface area contributed by atoms with Crippen molar-refractivity contribution < 1.29 is 0 Å². The van der Waals surface area contributed by atoms with Crippen molar-refractivity contribution in [2.24, 2.45) is 0 Å². The lowest BCUT2D eigenvalue weighted by Crippen LogP contribution is -1.99. The van der Waals surface area contributed by atoms with Gasteiger partial charge in [-0.1, -0.05) is 11.6 Å². The quantitative estimate of drug-likeness (QED) is 0.785. The third-order valence-corrected chi connectivity index (χ3v) is 2.48. The molecule has 0 aliphatic rings. The highest BCUT2D eigenvalue weighted by Gasteiger charge is 2.06. The molecule has 4 nitrogen and oxygen atoms in total. The monoisotopic (exact) mass is 234 g/mol. The maximum absolute atomic E-state index is 6.07. The predicted molar refractivity (Wildman–Crippen MR) is 65.9 cm³/mol. The molecule has 16 heavy (non-hydrogen) atoms. The van der Waals surface area contributed by atoms with Gasteiger partial charge in [-0.3, -0.25) is 0 Å². The summed E-state index contributed by atoms with van der Waals surface area (Å²) in [4.78, 5) is 8.11. The van der Waals surface area contributed by atoms with Crippen LogP contribution < -0.4 is 11.1 Å². The summed E-state index contributed by atoms with van der Waals surface area (Å²) >= 11 is 6.07. The number of nitrogen functional groups attached to an aromatic ring is 1. The fourth-order valence-electron chi connectivity index (χ4n) is 1.37. The van der Waals surface area contributed by atoms with E-state index in [0.717, 1.165) is 5.56 Å². The molecule has 5 heteroatoms. The molecule has 0 bridgehead atoms. The number of nitrogens with two attached hydrogens (primary N) is 1. The summed E-state index contributed by atoms with van der Waals surface area (Å²) in [5.41, 5.74) is 8.05. The summed E-state index contributed by atoms with van der Waals surface area (Å²) < 4.78 is 0. The van der Waals surface area contributed by atoms with Crippen LogP contribution in [0.5, 0.6) is 0 Å². The highest BCUT2D eigenvalue weighted by molar-refractivity contribution is 6.35. The zero-order valence-corrected chi connectivity index (χ0v) is 9.49. The van der Waals surface area contributed by atoms with Crippen LogP contribution in [0.4, 0.5) is 17.3 Å². The van der Waals surface area contributed by atoms with Crippen molar-refractivity contribution in [3.05, 3.63) is 41.2 Å². The molecule has 2 rings (SSSR count). The van der Waals surface area contributed by atoms with Gasteiger partial charge in [0, 0.05) is 12.4 Å². The number of nitrogens with zero attached hydrogens (tertiary/aromatic N) is 2. The van der Waals surface area contributed by atoms with Crippen LogP contribution in [-0.2, 0) is 0 Å². The second-order valence-electron chi connectivity index (χ2n) is 3.41. The molecule has 0 fully saturated rings. The molecule has 82 valence electrons. The Balaban J connectivity index is 2.35. The van der Waals surface area contributed by atoms with Gasteiger partial charge in [0.1, 0.15) is 0 Å². The number of aryl methyl sites for hydroxylation is 1. The van der Waals surface area contributed by atoms with Crippen LogP contribution in [0.25, 0.3) is 0 Å². The molecule has 1 heterocycles. The third-order valence-electron chi connectivity index (χ3n) is 2.06. The van der Waals surface area contributed by atoms with Crippen molar-refractivity contribution in [1.82, 2.24) is 9.97 Å². The minimum Gasteiger partial charge on any atom is -0.397 e. The van der Waals surface area contributed by atoms with Crippen LogP contribution in [0.15, 0.2) is 30.6 Å². The van der Waals surface area contributed by atoms with Crippen molar-refractivity contribution in [3.63, 3.8) is 0 Å². The van der Waals surface area contributed by atoms with E-state index in [1.807, 2.05) is 19.1 Å². The third kappa shape index (κ3) is 2.23. The molecule has 0 spiro atoms. The fraction of sp³-hybridized carbons (Fsp3) is 0.0909. The van der Waals surface area contributed by atoms with Crippen molar-refractivity contribution in [2.75, 3.05) is 11.1 Å². The second-order valence-corrected chi connectivity index (χ2v) is 3.79. The Labute approximate surface area is 98.5 Å². The summed E-state index contributed by atoms with van der Waals surface area (Å²) in [7, 11) is 0. The number of rotatable bonds is 2. The van der Waals surface area contributed by atoms with Crippen LogP contribution in [0.2, 0.25) is 5.02 Å². The van der Waals surface area contributed by atoms with Gasteiger partial charge in [0.15, 0.2) is 0 Å². The second kappa shape index (κ2) is 4.37. The molecule has 0 unspecified atom stereocenters. The van der Waals surface area contributed by atoms with Crippen LogP contribution in [0, 0.1) is 6.92 Å². The molecule has 0 saturated carbocycles. The van der Waals surface area contributed by atoms with Gasteiger partial charge in [-0.05, 0) is 30.7 Å². The van der Waals surface area contributed by atoms with Gasteiger partial charge in [0.05, 0.1) is 16.4 Å². The minimum atomic E-state index is 0.484. The molecule has 0 radical (unpaired) electrons. The topological polar surface area (TPSA) is 63.8 Å². The SMILES string of the molecule is Cc1cc(N)c(Cl)c(Nc2ncccn2)c1. The first-order valence-corrected chi connectivity index (χ1v) is 5.14. The Hall–Kier alpha value is -1.81. The Bertz CT molecular complexity index is 499. The molecule has 0 atom stereocenters. The van der Waals surface area contributed by atoms with Crippen LogP contribution >= 0.6 is 11.6 Å². The molecule has 3 N–H and O–H groups in total. The van der Waals surface area contributed by atoms with Crippen molar-refractivity contribution in [1.29, 1.82) is 0 Å². The minimum absolute atomic E-state index is 0.484. The number of hydrogen-bond donors (Lipinski definition) is 2. The molecular formula is C11H11ClN4. The lowest BCUT2D eigenvalue weighted by atomic mass is 10.2. The normalized spacial score (nSPS) is 10.1. The Morgan fingerprint density at radius 3 is 2.62 bits per heavy atom. The fourth-order valence-corrected chi connectivity index (χ4v) is 1.53. The van der Waals surface area contributed by atoms with E-state index >= 15 is 0 Å². The number of aromatic nitrogens is 2. The molecule has 0 aliphatic carbocycles. The number of anilines is 3. The Kier molecular flexibility index (Phi) is 2.92. The summed E-state index contributed by atoms with van der Waals surface area (Å²) in [6, 6.07) is 5.46. The van der Waals surface area contributed by atoms with Gasteiger partial charge in [0.2, 0.25) is 5.95 Å². The molecule has 1 aromatic heterocycles. The van der Waals surface area contributed by atoms with E-state index < -0.39 is 0 Å².